The molecule has 0 aromatic carbocycles. The third kappa shape index (κ3) is 27.4. The fraction of sp³-hybridized carbons (Fsp3) is 0.894. The molecule has 0 bridgehead atoms. The molecule has 1 aliphatic carbocycles. The number of carbonyl (C=O) groups excluding carboxylic acids is 3. The molecule has 1 saturated carbocycles. The molecule has 0 aromatic heterocycles. The number of rotatable bonds is 33. The van der Waals surface area contributed by atoms with Crippen molar-refractivity contribution in [3.63, 3.8) is 0 Å². The standard InChI is InChI=1S/C47H89N3O3/c1-8-9-10-11-12-13-14-15-16-17-18-19-20-21-22-23-32-48-45(51)42-35-43(46(52)49-33-30-40(6)28-24-26-38(2)3)37-44(36-42)47(53)50-34-31-41(7)29-25-27-39(4)5/h15-16,38-44H,8-14,17-37H2,1-7H3,(H,48,51)(H,49,52)(H,50,53)/b16-15-/t40?,41?,42-,43+,44-. The zero-order chi connectivity index (χ0) is 39.1. The summed E-state index contributed by atoms with van der Waals surface area (Å²) in [5.41, 5.74) is 0. The summed E-state index contributed by atoms with van der Waals surface area (Å²) in [6.07, 6.45) is 33.4. The van der Waals surface area contributed by atoms with Gasteiger partial charge in [-0.25, -0.2) is 0 Å². The van der Waals surface area contributed by atoms with Crippen LogP contribution >= 0.6 is 0 Å². The van der Waals surface area contributed by atoms with E-state index >= 15 is 0 Å². The van der Waals surface area contributed by atoms with E-state index in [0.717, 1.165) is 37.5 Å². The van der Waals surface area contributed by atoms with Gasteiger partial charge in [0.15, 0.2) is 0 Å². The van der Waals surface area contributed by atoms with Gasteiger partial charge < -0.3 is 16.0 Å². The van der Waals surface area contributed by atoms with E-state index in [1.54, 1.807) is 0 Å². The number of unbranched alkanes of at least 4 members (excludes halogenated alkanes) is 12. The van der Waals surface area contributed by atoms with Crippen LogP contribution in [0, 0.1) is 41.4 Å². The fourth-order valence-corrected chi connectivity index (χ4v) is 7.90. The summed E-state index contributed by atoms with van der Waals surface area (Å²) in [5, 5.41) is 9.55. The highest BCUT2D eigenvalue weighted by molar-refractivity contribution is 5.85. The van der Waals surface area contributed by atoms with Crippen molar-refractivity contribution in [3.8, 4) is 0 Å². The Labute approximate surface area is 329 Å². The Morgan fingerprint density at radius 1 is 0.453 bits per heavy atom. The summed E-state index contributed by atoms with van der Waals surface area (Å²) in [7, 11) is 0. The average molecular weight is 744 g/mol. The van der Waals surface area contributed by atoms with Crippen molar-refractivity contribution in [3.05, 3.63) is 12.2 Å². The highest BCUT2D eigenvalue weighted by Gasteiger charge is 2.38. The Morgan fingerprint density at radius 3 is 1.21 bits per heavy atom. The van der Waals surface area contributed by atoms with E-state index < -0.39 is 0 Å². The molecule has 1 rings (SSSR count). The second-order valence-electron chi connectivity index (χ2n) is 18.0. The van der Waals surface area contributed by atoms with Crippen LogP contribution in [0.15, 0.2) is 12.2 Å². The first kappa shape index (κ1) is 49.2. The summed E-state index contributed by atoms with van der Waals surface area (Å²) >= 11 is 0. The third-order valence-electron chi connectivity index (χ3n) is 11.6. The van der Waals surface area contributed by atoms with Gasteiger partial charge in [0.25, 0.3) is 0 Å². The average Bonchev–Trinajstić information content (AvgIpc) is 3.12. The Kier molecular flexibility index (Phi) is 30.1. The van der Waals surface area contributed by atoms with Gasteiger partial charge in [0.2, 0.25) is 17.7 Å². The molecule has 53 heavy (non-hydrogen) atoms. The zero-order valence-corrected chi connectivity index (χ0v) is 36.2. The minimum absolute atomic E-state index is 0.0155. The van der Waals surface area contributed by atoms with Crippen LogP contribution in [0.4, 0.5) is 0 Å². The number of allylic oxidation sites excluding steroid dienone is 2. The van der Waals surface area contributed by atoms with Crippen LogP contribution in [-0.2, 0) is 14.4 Å². The summed E-state index contributed by atoms with van der Waals surface area (Å²) < 4.78 is 0. The molecule has 0 saturated heterocycles. The van der Waals surface area contributed by atoms with Crippen LogP contribution in [0.1, 0.15) is 209 Å². The predicted molar refractivity (Wildman–Crippen MR) is 228 cm³/mol. The molecule has 6 heteroatoms. The lowest BCUT2D eigenvalue weighted by atomic mass is 9.74. The van der Waals surface area contributed by atoms with Crippen LogP contribution in [0.3, 0.4) is 0 Å². The van der Waals surface area contributed by atoms with E-state index in [9.17, 15) is 14.4 Å². The number of nitrogens with one attached hydrogen (secondary N) is 3. The molecular formula is C47H89N3O3. The Hall–Kier alpha value is -1.85. The van der Waals surface area contributed by atoms with Gasteiger partial charge in [-0.05, 0) is 87.9 Å². The maximum atomic E-state index is 13.4. The maximum absolute atomic E-state index is 13.4. The van der Waals surface area contributed by atoms with Gasteiger partial charge in [0, 0.05) is 37.4 Å². The molecule has 0 aliphatic heterocycles. The first-order valence-corrected chi connectivity index (χ1v) is 23.0. The van der Waals surface area contributed by atoms with E-state index in [1.165, 1.54) is 116 Å². The van der Waals surface area contributed by atoms with Crippen LogP contribution in [0.5, 0.6) is 0 Å². The maximum Gasteiger partial charge on any atom is 0.223 e. The van der Waals surface area contributed by atoms with Crippen molar-refractivity contribution in [2.24, 2.45) is 41.4 Å². The number of hydrogen-bond donors (Lipinski definition) is 3. The zero-order valence-electron chi connectivity index (χ0n) is 36.2. The molecule has 3 amide bonds. The molecule has 0 spiro atoms. The van der Waals surface area contributed by atoms with Gasteiger partial charge >= 0.3 is 0 Å². The molecule has 6 nitrogen and oxygen atoms in total. The van der Waals surface area contributed by atoms with Crippen LogP contribution < -0.4 is 16.0 Å². The Morgan fingerprint density at radius 2 is 0.811 bits per heavy atom. The van der Waals surface area contributed by atoms with Gasteiger partial charge in [-0.2, -0.15) is 0 Å². The molecule has 2 unspecified atom stereocenters. The van der Waals surface area contributed by atoms with Crippen LogP contribution in [0.25, 0.3) is 0 Å². The van der Waals surface area contributed by atoms with Crippen LogP contribution in [-0.4, -0.2) is 37.4 Å². The molecule has 0 aromatic rings. The third-order valence-corrected chi connectivity index (χ3v) is 11.6. The van der Waals surface area contributed by atoms with E-state index in [4.69, 9.17) is 0 Å². The van der Waals surface area contributed by atoms with Crippen molar-refractivity contribution in [1.82, 2.24) is 16.0 Å². The largest absolute Gasteiger partial charge is 0.356 e. The van der Waals surface area contributed by atoms with E-state index in [0.29, 0.717) is 50.7 Å². The van der Waals surface area contributed by atoms with Crippen molar-refractivity contribution in [1.29, 1.82) is 0 Å². The van der Waals surface area contributed by atoms with Crippen molar-refractivity contribution in [2.45, 2.75) is 209 Å². The van der Waals surface area contributed by atoms with Crippen molar-refractivity contribution in [2.75, 3.05) is 19.6 Å². The lowest BCUT2D eigenvalue weighted by Gasteiger charge is -2.33. The van der Waals surface area contributed by atoms with E-state index in [2.05, 4.69) is 76.6 Å². The van der Waals surface area contributed by atoms with Gasteiger partial charge in [0.1, 0.15) is 0 Å². The fourth-order valence-electron chi connectivity index (χ4n) is 7.90. The molecule has 1 aliphatic rings. The minimum Gasteiger partial charge on any atom is -0.356 e. The normalized spacial score (nSPS) is 18.8. The summed E-state index contributed by atoms with van der Waals surface area (Å²) in [5.74, 6) is 1.77. The molecular weight excluding hydrogens is 655 g/mol. The quantitative estimate of drug-likeness (QED) is 0.0462. The smallest absolute Gasteiger partial charge is 0.223 e. The molecule has 3 N–H and O–H groups in total. The second-order valence-corrected chi connectivity index (χ2v) is 18.0. The predicted octanol–water partition coefficient (Wildman–Crippen LogP) is 12.1. The first-order chi connectivity index (χ1) is 25.5. The highest BCUT2D eigenvalue weighted by atomic mass is 16.2. The number of amides is 3. The molecule has 1 fully saturated rings. The van der Waals surface area contributed by atoms with E-state index in [1.807, 2.05) is 0 Å². The van der Waals surface area contributed by atoms with Crippen molar-refractivity contribution >= 4 is 17.7 Å². The lowest BCUT2D eigenvalue weighted by molar-refractivity contribution is -0.134. The van der Waals surface area contributed by atoms with Gasteiger partial charge in [-0.1, -0.05) is 157 Å². The second kappa shape index (κ2) is 32.4. The van der Waals surface area contributed by atoms with Gasteiger partial charge in [-0.15, -0.1) is 0 Å². The SMILES string of the molecule is CCCCCCCC/C=C\CCCCCCCCNC(=O)[C@H]1C[C@@H](C(=O)NCCC(C)CCCC(C)C)C[C@@H](C(=O)NCCC(C)CCCC(C)C)C1. The van der Waals surface area contributed by atoms with Gasteiger partial charge in [0.05, 0.1) is 0 Å². The number of carbonyl (C=O) groups is 3. The summed E-state index contributed by atoms with van der Waals surface area (Å²) in [6, 6.07) is 0. The Balaban J connectivity index is 2.47. The number of hydrogen-bond acceptors (Lipinski definition) is 3. The van der Waals surface area contributed by atoms with Crippen LogP contribution in [0.2, 0.25) is 0 Å². The molecule has 310 valence electrons. The molecule has 0 heterocycles. The molecule has 5 atom stereocenters. The van der Waals surface area contributed by atoms with E-state index in [-0.39, 0.29) is 35.5 Å². The highest BCUT2D eigenvalue weighted by Crippen LogP contribution is 2.34. The molecule has 0 radical (unpaired) electrons. The Bertz CT molecular complexity index is 901. The van der Waals surface area contributed by atoms with Gasteiger partial charge in [-0.3, -0.25) is 14.4 Å². The monoisotopic (exact) mass is 744 g/mol. The minimum atomic E-state index is -0.299. The first-order valence-electron chi connectivity index (χ1n) is 23.0. The lowest BCUT2D eigenvalue weighted by Crippen LogP contribution is -2.45. The summed E-state index contributed by atoms with van der Waals surface area (Å²) in [4.78, 5) is 40.3. The van der Waals surface area contributed by atoms with Crippen molar-refractivity contribution < 1.29 is 14.4 Å². The topological polar surface area (TPSA) is 87.3 Å². The summed E-state index contributed by atoms with van der Waals surface area (Å²) in [6.45, 7) is 17.9.